The van der Waals surface area contributed by atoms with E-state index in [0.717, 1.165) is 25.2 Å². The number of nitrogens with one attached hydrogen (secondary N) is 1. The molecule has 0 aliphatic carbocycles. The lowest BCUT2D eigenvalue weighted by molar-refractivity contribution is 0.461. The number of benzene rings is 1. The van der Waals surface area contributed by atoms with Gasteiger partial charge in [-0.3, -0.25) is 4.68 Å². The molecule has 0 aliphatic rings. The molecule has 1 heterocycles. The Labute approximate surface area is 125 Å². The van der Waals surface area contributed by atoms with Gasteiger partial charge < -0.3 is 5.32 Å². The molecule has 1 aromatic heterocycles. The van der Waals surface area contributed by atoms with E-state index in [9.17, 15) is 4.39 Å². The third kappa shape index (κ3) is 4.94. The fraction of sp³-hybridized carbons (Fsp3) is 0.400. The molecule has 2 aromatic rings. The van der Waals surface area contributed by atoms with Gasteiger partial charge in [0.25, 0.3) is 0 Å². The molecule has 5 heteroatoms. The van der Waals surface area contributed by atoms with Gasteiger partial charge in [0.2, 0.25) is 0 Å². The summed E-state index contributed by atoms with van der Waals surface area (Å²) < 4.78 is 14.8. The highest BCUT2D eigenvalue weighted by atomic mass is 35.5. The minimum absolute atomic E-state index is 0. The third-order valence-corrected chi connectivity index (χ3v) is 2.89. The molecular weight excluding hydrogens is 277 g/mol. The Morgan fingerprint density at radius 2 is 1.85 bits per heavy atom. The van der Waals surface area contributed by atoms with E-state index in [1.54, 1.807) is 12.1 Å². The van der Waals surface area contributed by atoms with Crippen LogP contribution in [0.5, 0.6) is 0 Å². The first-order valence-corrected chi connectivity index (χ1v) is 6.61. The maximum atomic E-state index is 12.8. The lowest BCUT2D eigenvalue weighted by Crippen LogP contribution is -2.17. The van der Waals surface area contributed by atoms with Gasteiger partial charge in [-0.2, -0.15) is 5.10 Å². The Morgan fingerprint density at radius 3 is 2.50 bits per heavy atom. The first kappa shape index (κ1) is 16.7. The Kier molecular flexibility index (Phi) is 6.68. The fourth-order valence-electron chi connectivity index (χ4n) is 1.96. The van der Waals surface area contributed by atoms with E-state index >= 15 is 0 Å². The van der Waals surface area contributed by atoms with Crippen molar-refractivity contribution in [3.8, 4) is 0 Å². The maximum Gasteiger partial charge on any atom is 0.123 e. The Bertz CT molecular complexity index is 508. The SMILES string of the molecule is CC(C)Cn1nccc1CNCc1ccc(F)cc1.Cl. The molecule has 0 unspecified atom stereocenters. The van der Waals surface area contributed by atoms with Gasteiger partial charge in [-0.05, 0) is 29.7 Å². The molecule has 1 aromatic carbocycles. The van der Waals surface area contributed by atoms with E-state index in [4.69, 9.17) is 0 Å². The van der Waals surface area contributed by atoms with Gasteiger partial charge >= 0.3 is 0 Å². The molecule has 0 bridgehead atoms. The van der Waals surface area contributed by atoms with Crippen LogP contribution in [0.3, 0.4) is 0 Å². The molecule has 0 fully saturated rings. The van der Waals surface area contributed by atoms with E-state index in [1.807, 2.05) is 16.9 Å². The van der Waals surface area contributed by atoms with E-state index in [1.165, 1.54) is 17.8 Å². The summed E-state index contributed by atoms with van der Waals surface area (Å²) in [6.07, 6.45) is 1.83. The minimum Gasteiger partial charge on any atom is -0.307 e. The van der Waals surface area contributed by atoms with Crippen LogP contribution in [0, 0.1) is 11.7 Å². The van der Waals surface area contributed by atoms with Crippen LogP contribution in [0.25, 0.3) is 0 Å². The molecule has 2 rings (SSSR count). The maximum absolute atomic E-state index is 12.8. The lowest BCUT2D eigenvalue weighted by Gasteiger charge is -2.10. The highest BCUT2D eigenvalue weighted by Gasteiger charge is 2.04. The van der Waals surface area contributed by atoms with Crippen molar-refractivity contribution < 1.29 is 4.39 Å². The number of aromatic nitrogens is 2. The average molecular weight is 298 g/mol. The number of hydrogen-bond acceptors (Lipinski definition) is 2. The summed E-state index contributed by atoms with van der Waals surface area (Å²) >= 11 is 0. The molecule has 0 atom stereocenters. The number of hydrogen-bond donors (Lipinski definition) is 1. The first-order valence-electron chi connectivity index (χ1n) is 6.61. The third-order valence-electron chi connectivity index (χ3n) is 2.89. The second kappa shape index (κ2) is 8.02. The molecule has 0 saturated heterocycles. The van der Waals surface area contributed by atoms with E-state index in [0.29, 0.717) is 5.92 Å². The van der Waals surface area contributed by atoms with Gasteiger partial charge in [0.15, 0.2) is 0 Å². The van der Waals surface area contributed by atoms with Gasteiger partial charge in [0, 0.05) is 25.8 Å². The van der Waals surface area contributed by atoms with E-state index < -0.39 is 0 Å². The lowest BCUT2D eigenvalue weighted by atomic mass is 10.2. The molecule has 0 spiro atoms. The van der Waals surface area contributed by atoms with E-state index in [-0.39, 0.29) is 18.2 Å². The molecular formula is C15H21ClFN3. The standard InChI is InChI=1S/C15H20FN3.ClH/c1-12(2)11-19-15(7-8-18-19)10-17-9-13-3-5-14(16)6-4-13;/h3-8,12,17H,9-11H2,1-2H3;1H. The van der Waals surface area contributed by atoms with Crippen LogP contribution in [-0.2, 0) is 19.6 Å². The van der Waals surface area contributed by atoms with Gasteiger partial charge in [0.05, 0.1) is 5.69 Å². The quantitative estimate of drug-likeness (QED) is 0.886. The highest BCUT2D eigenvalue weighted by Crippen LogP contribution is 2.05. The van der Waals surface area contributed by atoms with Crippen molar-refractivity contribution >= 4 is 12.4 Å². The van der Waals surface area contributed by atoms with Crippen molar-refractivity contribution in [3.63, 3.8) is 0 Å². The fourth-order valence-corrected chi connectivity index (χ4v) is 1.96. The van der Waals surface area contributed by atoms with Crippen molar-refractivity contribution in [2.75, 3.05) is 0 Å². The Balaban J connectivity index is 0.00000200. The van der Waals surface area contributed by atoms with Crippen LogP contribution >= 0.6 is 12.4 Å². The van der Waals surface area contributed by atoms with Crippen molar-refractivity contribution in [1.82, 2.24) is 15.1 Å². The summed E-state index contributed by atoms with van der Waals surface area (Å²) in [5, 5.41) is 7.67. The molecule has 3 nitrogen and oxygen atoms in total. The molecule has 0 radical (unpaired) electrons. The zero-order valence-corrected chi connectivity index (χ0v) is 12.7. The van der Waals surface area contributed by atoms with Crippen molar-refractivity contribution in [1.29, 1.82) is 0 Å². The van der Waals surface area contributed by atoms with Gasteiger partial charge in [-0.15, -0.1) is 12.4 Å². The van der Waals surface area contributed by atoms with Crippen molar-refractivity contribution in [3.05, 3.63) is 53.6 Å². The van der Waals surface area contributed by atoms with Gasteiger partial charge in [-0.1, -0.05) is 26.0 Å². The second-order valence-corrected chi connectivity index (χ2v) is 5.13. The minimum atomic E-state index is -0.196. The average Bonchev–Trinajstić information content (AvgIpc) is 2.78. The zero-order valence-electron chi connectivity index (χ0n) is 11.8. The van der Waals surface area contributed by atoms with E-state index in [2.05, 4.69) is 24.3 Å². The van der Waals surface area contributed by atoms with Crippen LogP contribution in [0.2, 0.25) is 0 Å². The van der Waals surface area contributed by atoms with Crippen LogP contribution in [0.4, 0.5) is 4.39 Å². The summed E-state index contributed by atoms with van der Waals surface area (Å²) in [4.78, 5) is 0. The summed E-state index contributed by atoms with van der Waals surface area (Å²) in [6.45, 7) is 6.78. The number of nitrogens with zero attached hydrogens (tertiary/aromatic N) is 2. The van der Waals surface area contributed by atoms with Gasteiger partial charge in [-0.25, -0.2) is 4.39 Å². The molecule has 0 aliphatic heterocycles. The van der Waals surface area contributed by atoms with Crippen molar-refractivity contribution in [2.45, 2.75) is 33.5 Å². The van der Waals surface area contributed by atoms with Crippen LogP contribution in [0.1, 0.15) is 25.1 Å². The highest BCUT2D eigenvalue weighted by molar-refractivity contribution is 5.85. The predicted molar refractivity (Wildman–Crippen MR) is 81.3 cm³/mol. The smallest absolute Gasteiger partial charge is 0.123 e. The zero-order chi connectivity index (χ0) is 13.7. The molecule has 1 N–H and O–H groups in total. The number of halogens is 2. The van der Waals surface area contributed by atoms with Crippen molar-refractivity contribution in [2.24, 2.45) is 5.92 Å². The largest absolute Gasteiger partial charge is 0.307 e. The first-order chi connectivity index (χ1) is 9.15. The van der Waals surface area contributed by atoms with Crippen LogP contribution < -0.4 is 5.32 Å². The molecule has 110 valence electrons. The predicted octanol–water partition coefficient (Wildman–Crippen LogP) is 3.39. The molecule has 20 heavy (non-hydrogen) atoms. The molecule has 0 saturated carbocycles. The summed E-state index contributed by atoms with van der Waals surface area (Å²) in [6, 6.07) is 8.60. The topological polar surface area (TPSA) is 29.9 Å². The second-order valence-electron chi connectivity index (χ2n) is 5.13. The molecule has 0 amide bonds. The summed E-state index contributed by atoms with van der Waals surface area (Å²) in [5.74, 6) is 0.384. The monoisotopic (exact) mass is 297 g/mol. The Hall–Kier alpha value is -1.39. The number of rotatable bonds is 6. The normalized spacial score (nSPS) is 10.6. The summed E-state index contributed by atoms with van der Waals surface area (Å²) in [5.41, 5.74) is 2.26. The summed E-state index contributed by atoms with van der Waals surface area (Å²) in [7, 11) is 0. The van der Waals surface area contributed by atoms with Crippen LogP contribution in [-0.4, -0.2) is 9.78 Å². The Morgan fingerprint density at radius 1 is 1.15 bits per heavy atom. The van der Waals surface area contributed by atoms with Gasteiger partial charge in [0.1, 0.15) is 5.82 Å². The van der Waals surface area contributed by atoms with Crippen LogP contribution in [0.15, 0.2) is 36.5 Å².